The van der Waals surface area contributed by atoms with E-state index in [-0.39, 0.29) is 23.0 Å². The molecule has 0 saturated carbocycles. The summed E-state index contributed by atoms with van der Waals surface area (Å²) < 4.78 is 39.6. The summed E-state index contributed by atoms with van der Waals surface area (Å²) in [7, 11) is 1.70. The zero-order valence-corrected chi connectivity index (χ0v) is 13.2. The molecule has 0 aliphatic carbocycles. The Morgan fingerprint density at radius 1 is 1.20 bits per heavy atom. The molecule has 0 heterocycles. The van der Waals surface area contributed by atoms with Crippen LogP contribution < -0.4 is 4.90 Å². The van der Waals surface area contributed by atoms with E-state index < -0.39 is 11.7 Å². The molecular weight excluding hydrogens is 287 g/mol. The third-order valence-electron chi connectivity index (χ3n) is 3.73. The summed E-state index contributed by atoms with van der Waals surface area (Å²) in [4.78, 5) is 1.68. The lowest BCUT2D eigenvalue weighted by atomic mass is 9.86. The average molecular weight is 308 g/mol. The van der Waals surface area contributed by atoms with E-state index in [1.807, 2.05) is 27.7 Å². The second kappa shape index (κ2) is 5.84. The summed E-state index contributed by atoms with van der Waals surface area (Å²) in [6.45, 7) is 7.95. The molecule has 114 valence electrons. The van der Waals surface area contributed by atoms with Crippen molar-refractivity contribution in [3.05, 3.63) is 29.3 Å². The van der Waals surface area contributed by atoms with Crippen LogP contribution in [0.2, 0.25) is 0 Å². The molecule has 0 N–H and O–H groups in total. The third kappa shape index (κ3) is 3.81. The minimum Gasteiger partial charge on any atom is -0.371 e. The molecule has 1 nitrogen and oxygen atoms in total. The Labute approximate surface area is 123 Å². The second-order valence-corrected chi connectivity index (χ2v) is 6.40. The van der Waals surface area contributed by atoms with E-state index in [2.05, 4.69) is 0 Å². The van der Waals surface area contributed by atoms with Gasteiger partial charge in [-0.05, 0) is 30.0 Å². The topological polar surface area (TPSA) is 3.24 Å². The van der Waals surface area contributed by atoms with E-state index in [1.165, 1.54) is 6.07 Å². The van der Waals surface area contributed by atoms with Gasteiger partial charge in [-0.1, -0.05) is 26.8 Å². The van der Waals surface area contributed by atoms with Crippen LogP contribution in [0.4, 0.5) is 18.9 Å². The first-order valence-corrected chi connectivity index (χ1v) is 7.01. The van der Waals surface area contributed by atoms with E-state index >= 15 is 0 Å². The molecule has 0 bridgehead atoms. The number of anilines is 1. The van der Waals surface area contributed by atoms with Crippen LogP contribution in [0.25, 0.3) is 0 Å². The van der Waals surface area contributed by atoms with Gasteiger partial charge in [0.2, 0.25) is 0 Å². The highest BCUT2D eigenvalue weighted by atomic mass is 35.5. The fourth-order valence-electron chi connectivity index (χ4n) is 1.99. The molecule has 0 spiro atoms. The number of nitrogens with zero attached hydrogens (tertiary/aromatic N) is 1. The fraction of sp³-hybridized carbons (Fsp3) is 0.600. The van der Waals surface area contributed by atoms with Crippen molar-refractivity contribution in [2.75, 3.05) is 11.9 Å². The highest BCUT2D eigenvalue weighted by Gasteiger charge is 2.36. The van der Waals surface area contributed by atoms with Gasteiger partial charge in [0.1, 0.15) is 0 Å². The van der Waals surface area contributed by atoms with Crippen LogP contribution in [-0.2, 0) is 12.1 Å². The lowest BCUT2D eigenvalue weighted by Crippen LogP contribution is -2.40. The largest absolute Gasteiger partial charge is 0.418 e. The van der Waals surface area contributed by atoms with E-state index in [4.69, 9.17) is 11.6 Å². The Bertz CT molecular complexity index is 463. The van der Waals surface area contributed by atoms with E-state index in [9.17, 15) is 13.2 Å². The normalized spacial score (nSPS) is 14.2. The zero-order chi connectivity index (χ0) is 15.7. The Hall–Kier alpha value is -0.900. The maximum atomic E-state index is 13.2. The van der Waals surface area contributed by atoms with Crippen molar-refractivity contribution < 1.29 is 13.2 Å². The molecule has 0 amide bonds. The summed E-state index contributed by atoms with van der Waals surface area (Å²) in [6.07, 6.45) is -4.39. The molecule has 1 rings (SSSR count). The average Bonchev–Trinajstić information content (AvgIpc) is 2.34. The summed E-state index contributed by atoms with van der Waals surface area (Å²) in [5.74, 6) is 0.0713. The Morgan fingerprint density at radius 3 is 2.15 bits per heavy atom. The Balaban J connectivity index is 3.31. The van der Waals surface area contributed by atoms with Crippen molar-refractivity contribution >= 4 is 17.3 Å². The molecule has 0 aromatic heterocycles. The van der Waals surface area contributed by atoms with Gasteiger partial charge in [-0.15, -0.1) is 11.6 Å². The van der Waals surface area contributed by atoms with Crippen LogP contribution in [-0.4, -0.2) is 13.1 Å². The molecule has 0 aliphatic heterocycles. The molecular formula is C15H21ClF3N. The van der Waals surface area contributed by atoms with Crippen molar-refractivity contribution in [2.45, 2.75) is 45.8 Å². The highest BCUT2D eigenvalue weighted by molar-refractivity contribution is 6.17. The van der Waals surface area contributed by atoms with Crippen molar-refractivity contribution in [3.8, 4) is 0 Å². The molecule has 20 heavy (non-hydrogen) atoms. The number of benzene rings is 1. The number of halogens is 4. The second-order valence-electron chi connectivity index (χ2n) is 6.14. The van der Waals surface area contributed by atoms with E-state index in [1.54, 1.807) is 18.0 Å². The van der Waals surface area contributed by atoms with Crippen LogP contribution in [0.5, 0.6) is 0 Å². The van der Waals surface area contributed by atoms with Crippen molar-refractivity contribution in [1.82, 2.24) is 0 Å². The van der Waals surface area contributed by atoms with Crippen LogP contribution in [0.3, 0.4) is 0 Å². The lowest BCUT2D eigenvalue weighted by Gasteiger charge is -2.38. The molecule has 0 radical (unpaired) electrons. The van der Waals surface area contributed by atoms with Gasteiger partial charge in [0.25, 0.3) is 0 Å². The first kappa shape index (κ1) is 17.2. The van der Waals surface area contributed by atoms with Gasteiger partial charge in [-0.2, -0.15) is 13.2 Å². The van der Waals surface area contributed by atoms with Gasteiger partial charge in [0.05, 0.1) is 5.56 Å². The summed E-state index contributed by atoms with van der Waals surface area (Å²) in [6, 6.07) is 4.24. The smallest absolute Gasteiger partial charge is 0.371 e. The molecule has 0 saturated heterocycles. The number of hydrogen-bond donors (Lipinski definition) is 0. The molecule has 5 heteroatoms. The van der Waals surface area contributed by atoms with Crippen LogP contribution >= 0.6 is 11.6 Å². The van der Waals surface area contributed by atoms with Crippen LogP contribution in [0.15, 0.2) is 18.2 Å². The molecule has 1 unspecified atom stereocenters. The molecule has 1 atom stereocenters. The molecule has 0 fully saturated rings. The summed E-state index contributed by atoms with van der Waals surface area (Å²) in [5, 5.41) is 0. The maximum Gasteiger partial charge on any atom is 0.418 e. The maximum absolute atomic E-state index is 13.2. The molecule has 0 aliphatic rings. The van der Waals surface area contributed by atoms with Crippen LogP contribution in [0, 0.1) is 5.41 Å². The summed E-state index contributed by atoms with van der Waals surface area (Å²) >= 11 is 5.64. The Kier molecular flexibility index (Phi) is 5.01. The zero-order valence-electron chi connectivity index (χ0n) is 12.5. The molecule has 1 aromatic rings. The Morgan fingerprint density at radius 2 is 1.75 bits per heavy atom. The van der Waals surface area contributed by atoms with E-state index in [0.717, 1.165) is 6.07 Å². The monoisotopic (exact) mass is 307 g/mol. The fourth-order valence-corrected chi connectivity index (χ4v) is 2.16. The van der Waals surface area contributed by atoms with Gasteiger partial charge >= 0.3 is 6.18 Å². The van der Waals surface area contributed by atoms with Crippen molar-refractivity contribution in [3.63, 3.8) is 0 Å². The first-order valence-electron chi connectivity index (χ1n) is 6.47. The van der Waals surface area contributed by atoms with Gasteiger partial charge in [0, 0.05) is 24.7 Å². The predicted octanol–water partition coefficient (Wildman–Crippen LogP) is 5.32. The number of hydrogen-bond acceptors (Lipinski definition) is 1. The van der Waals surface area contributed by atoms with Crippen molar-refractivity contribution in [1.29, 1.82) is 0 Å². The minimum atomic E-state index is -4.39. The highest BCUT2D eigenvalue weighted by Crippen LogP contribution is 2.39. The third-order valence-corrected chi connectivity index (χ3v) is 4.04. The van der Waals surface area contributed by atoms with Gasteiger partial charge < -0.3 is 4.90 Å². The number of rotatable bonds is 3. The predicted molar refractivity (Wildman–Crippen MR) is 78.3 cm³/mol. The standard InChI is InChI=1S/C15H21ClF3N/c1-10(14(2,3)4)20(5)13-7-6-11(9-16)8-12(13)15(17,18)19/h6-8,10H,9H2,1-5H3. The molecule has 1 aromatic carbocycles. The number of alkyl halides is 4. The minimum absolute atomic E-state index is 0.0366. The van der Waals surface area contributed by atoms with Gasteiger partial charge in [-0.3, -0.25) is 0 Å². The quantitative estimate of drug-likeness (QED) is 0.684. The summed E-state index contributed by atoms with van der Waals surface area (Å²) in [5.41, 5.74) is -0.0921. The first-order chi connectivity index (χ1) is 8.98. The lowest BCUT2D eigenvalue weighted by molar-refractivity contribution is -0.137. The van der Waals surface area contributed by atoms with Crippen LogP contribution in [0.1, 0.15) is 38.8 Å². The van der Waals surface area contributed by atoms with Crippen molar-refractivity contribution in [2.24, 2.45) is 5.41 Å². The van der Waals surface area contributed by atoms with Gasteiger partial charge in [-0.25, -0.2) is 0 Å². The van der Waals surface area contributed by atoms with Gasteiger partial charge in [0.15, 0.2) is 0 Å². The SMILES string of the molecule is CC(N(C)c1ccc(CCl)cc1C(F)(F)F)C(C)(C)C. The van der Waals surface area contributed by atoms with E-state index in [0.29, 0.717) is 5.56 Å².